The number of aliphatic hydroxyl groups excluding tert-OH is 1. The quantitative estimate of drug-likeness (QED) is 0.915. The number of likely N-dealkylation sites (N-methyl/N-ethyl adjacent to an activating group) is 1. The Kier molecular flexibility index (Phi) is 5.01. The van der Waals surface area contributed by atoms with E-state index in [1.807, 2.05) is 24.3 Å². The zero-order valence-electron chi connectivity index (χ0n) is 12.2. The van der Waals surface area contributed by atoms with Gasteiger partial charge in [0.15, 0.2) is 0 Å². The number of ether oxygens (including phenoxy) is 1. The minimum absolute atomic E-state index is 0.0282. The van der Waals surface area contributed by atoms with E-state index >= 15 is 0 Å². The number of hydrogen-bond acceptors (Lipinski definition) is 3. The van der Waals surface area contributed by atoms with Crippen LogP contribution in [0.1, 0.15) is 31.2 Å². The molecule has 0 aliphatic heterocycles. The summed E-state index contributed by atoms with van der Waals surface area (Å²) in [6.45, 7) is 0. The van der Waals surface area contributed by atoms with Gasteiger partial charge in [0.05, 0.1) is 25.7 Å². The smallest absolute Gasteiger partial charge is 0.227 e. The molecule has 4 heteroatoms. The summed E-state index contributed by atoms with van der Waals surface area (Å²) in [5, 5.41) is 10.0. The Balaban J connectivity index is 2.03. The molecule has 0 spiro atoms. The van der Waals surface area contributed by atoms with E-state index < -0.39 is 6.10 Å². The molecule has 20 heavy (non-hydrogen) atoms. The number of carbonyl (C=O) groups is 1. The number of rotatable bonds is 4. The average molecular weight is 277 g/mol. The summed E-state index contributed by atoms with van der Waals surface area (Å²) < 4.78 is 5.27. The molecule has 1 aliphatic rings. The van der Waals surface area contributed by atoms with Crippen LogP contribution in [0.15, 0.2) is 24.3 Å². The van der Waals surface area contributed by atoms with Crippen LogP contribution >= 0.6 is 0 Å². The molecule has 2 atom stereocenters. The fourth-order valence-corrected chi connectivity index (χ4v) is 2.87. The first-order chi connectivity index (χ1) is 9.63. The van der Waals surface area contributed by atoms with Gasteiger partial charge in [-0.2, -0.15) is 0 Å². The van der Waals surface area contributed by atoms with Crippen molar-refractivity contribution in [2.75, 3.05) is 14.2 Å². The van der Waals surface area contributed by atoms with Gasteiger partial charge in [-0.15, -0.1) is 0 Å². The number of aliphatic hydroxyl groups is 1. The standard InChI is InChI=1S/C16H23NO3/c1-17(13-8-4-5-9-14(13)18)16(19)11-12-7-3-6-10-15(12)20-2/h3,6-7,10,13-14,18H,4-5,8-9,11H2,1-2H3. The minimum Gasteiger partial charge on any atom is -0.496 e. The van der Waals surface area contributed by atoms with E-state index in [2.05, 4.69) is 0 Å². The Morgan fingerprint density at radius 3 is 2.75 bits per heavy atom. The number of nitrogens with zero attached hydrogens (tertiary/aromatic N) is 1. The van der Waals surface area contributed by atoms with Gasteiger partial charge in [0, 0.05) is 12.6 Å². The maximum Gasteiger partial charge on any atom is 0.227 e. The molecule has 1 aliphatic carbocycles. The van der Waals surface area contributed by atoms with Crippen LogP contribution in [0.3, 0.4) is 0 Å². The predicted octanol–water partition coefficient (Wildman–Crippen LogP) is 2.00. The monoisotopic (exact) mass is 277 g/mol. The third-order valence-corrected chi connectivity index (χ3v) is 4.12. The lowest BCUT2D eigenvalue weighted by atomic mass is 9.91. The van der Waals surface area contributed by atoms with E-state index in [0.29, 0.717) is 6.42 Å². The molecule has 4 nitrogen and oxygen atoms in total. The van der Waals surface area contributed by atoms with Crippen LogP contribution in [0.25, 0.3) is 0 Å². The molecule has 2 unspecified atom stereocenters. The molecule has 1 amide bonds. The molecule has 0 bridgehead atoms. The third kappa shape index (κ3) is 3.31. The molecule has 1 fully saturated rings. The average Bonchev–Trinajstić information content (AvgIpc) is 2.47. The third-order valence-electron chi connectivity index (χ3n) is 4.12. The first kappa shape index (κ1) is 14.9. The lowest BCUT2D eigenvalue weighted by molar-refractivity contribution is -0.134. The fraction of sp³-hybridized carbons (Fsp3) is 0.562. The van der Waals surface area contributed by atoms with Gasteiger partial charge in [0.25, 0.3) is 0 Å². The van der Waals surface area contributed by atoms with Crippen LogP contribution in [0, 0.1) is 0 Å². The van der Waals surface area contributed by atoms with E-state index in [9.17, 15) is 9.90 Å². The maximum absolute atomic E-state index is 12.4. The summed E-state index contributed by atoms with van der Waals surface area (Å²) in [7, 11) is 3.40. The molecule has 1 aromatic carbocycles. The van der Waals surface area contributed by atoms with Crippen molar-refractivity contribution < 1.29 is 14.6 Å². The van der Waals surface area contributed by atoms with Crippen LogP contribution in [0.2, 0.25) is 0 Å². The van der Waals surface area contributed by atoms with Gasteiger partial charge in [0.1, 0.15) is 5.75 Å². The Labute approximate surface area is 120 Å². The Bertz CT molecular complexity index is 461. The second kappa shape index (κ2) is 6.75. The largest absolute Gasteiger partial charge is 0.496 e. The van der Waals surface area contributed by atoms with Crippen molar-refractivity contribution in [1.29, 1.82) is 0 Å². The van der Waals surface area contributed by atoms with Gasteiger partial charge in [-0.3, -0.25) is 4.79 Å². The molecule has 0 aromatic heterocycles. The zero-order chi connectivity index (χ0) is 14.5. The van der Waals surface area contributed by atoms with Crippen molar-refractivity contribution >= 4 is 5.91 Å². The number of benzene rings is 1. The van der Waals surface area contributed by atoms with Crippen LogP contribution in [0.4, 0.5) is 0 Å². The molecule has 110 valence electrons. The lowest BCUT2D eigenvalue weighted by Crippen LogP contribution is -2.46. The summed E-state index contributed by atoms with van der Waals surface area (Å²) >= 11 is 0. The van der Waals surface area contributed by atoms with E-state index in [-0.39, 0.29) is 11.9 Å². The zero-order valence-corrected chi connectivity index (χ0v) is 12.2. The SMILES string of the molecule is COc1ccccc1CC(=O)N(C)C1CCCCC1O. The van der Waals surface area contributed by atoms with Crippen LogP contribution in [0.5, 0.6) is 5.75 Å². The van der Waals surface area contributed by atoms with E-state index in [1.54, 1.807) is 19.1 Å². The second-order valence-electron chi connectivity index (χ2n) is 5.41. The molecule has 0 heterocycles. The van der Waals surface area contributed by atoms with E-state index in [0.717, 1.165) is 37.0 Å². The highest BCUT2D eigenvalue weighted by atomic mass is 16.5. The maximum atomic E-state index is 12.4. The number of para-hydroxylation sites is 1. The summed E-state index contributed by atoms with van der Waals surface area (Å²) in [6, 6.07) is 7.51. The molecule has 1 N–H and O–H groups in total. The predicted molar refractivity (Wildman–Crippen MR) is 77.7 cm³/mol. The Hall–Kier alpha value is -1.55. The fourth-order valence-electron chi connectivity index (χ4n) is 2.87. The number of carbonyl (C=O) groups excluding carboxylic acids is 1. The number of hydrogen-bond donors (Lipinski definition) is 1. The molecule has 2 rings (SSSR count). The van der Waals surface area contributed by atoms with E-state index in [4.69, 9.17) is 4.74 Å². The van der Waals surface area contributed by atoms with Crippen LogP contribution < -0.4 is 4.74 Å². The van der Waals surface area contributed by atoms with Crippen LogP contribution in [-0.4, -0.2) is 42.2 Å². The highest BCUT2D eigenvalue weighted by Crippen LogP contribution is 2.24. The highest BCUT2D eigenvalue weighted by Gasteiger charge is 2.29. The number of amides is 1. The topological polar surface area (TPSA) is 49.8 Å². The summed E-state index contributed by atoms with van der Waals surface area (Å²) in [5.41, 5.74) is 0.886. The summed E-state index contributed by atoms with van der Waals surface area (Å²) in [6.07, 6.45) is 3.71. The second-order valence-corrected chi connectivity index (χ2v) is 5.41. The molecular formula is C16H23NO3. The van der Waals surface area contributed by atoms with Gasteiger partial charge >= 0.3 is 0 Å². The van der Waals surface area contributed by atoms with Gasteiger partial charge in [0.2, 0.25) is 5.91 Å². The first-order valence-corrected chi connectivity index (χ1v) is 7.19. The summed E-state index contributed by atoms with van der Waals surface area (Å²) in [4.78, 5) is 14.1. The molecule has 0 saturated heterocycles. The van der Waals surface area contributed by atoms with Crippen molar-refractivity contribution in [1.82, 2.24) is 4.90 Å². The normalized spacial score (nSPS) is 22.4. The molecule has 0 radical (unpaired) electrons. The Morgan fingerprint density at radius 1 is 1.35 bits per heavy atom. The molecule has 1 saturated carbocycles. The van der Waals surface area contributed by atoms with Gasteiger partial charge < -0.3 is 14.7 Å². The molecular weight excluding hydrogens is 254 g/mol. The van der Waals surface area contributed by atoms with Crippen molar-refractivity contribution in [3.05, 3.63) is 29.8 Å². The Morgan fingerprint density at radius 2 is 2.05 bits per heavy atom. The minimum atomic E-state index is -0.393. The van der Waals surface area contributed by atoms with Gasteiger partial charge in [-0.25, -0.2) is 0 Å². The first-order valence-electron chi connectivity index (χ1n) is 7.19. The van der Waals surface area contributed by atoms with E-state index in [1.165, 1.54) is 0 Å². The van der Waals surface area contributed by atoms with Crippen molar-refractivity contribution in [3.8, 4) is 5.75 Å². The van der Waals surface area contributed by atoms with Crippen molar-refractivity contribution in [2.24, 2.45) is 0 Å². The van der Waals surface area contributed by atoms with Gasteiger partial charge in [-0.1, -0.05) is 31.0 Å². The van der Waals surface area contributed by atoms with Crippen LogP contribution in [-0.2, 0) is 11.2 Å². The highest BCUT2D eigenvalue weighted by molar-refractivity contribution is 5.79. The van der Waals surface area contributed by atoms with Gasteiger partial charge in [-0.05, 0) is 18.9 Å². The van der Waals surface area contributed by atoms with Crippen molar-refractivity contribution in [3.63, 3.8) is 0 Å². The number of methoxy groups -OCH3 is 1. The summed E-state index contributed by atoms with van der Waals surface area (Å²) in [5.74, 6) is 0.763. The molecule has 1 aromatic rings. The lowest BCUT2D eigenvalue weighted by Gasteiger charge is -2.35. The van der Waals surface area contributed by atoms with Crippen molar-refractivity contribution in [2.45, 2.75) is 44.2 Å².